The molecule has 0 spiro atoms. The average Bonchev–Trinajstić information content (AvgIpc) is 2.61. The van der Waals surface area contributed by atoms with Crippen molar-refractivity contribution in [3.63, 3.8) is 0 Å². The molecule has 0 aliphatic rings. The summed E-state index contributed by atoms with van der Waals surface area (Å²) in [7, 11) is 6.13. The third-order valence-corrected chi connectivity index (χ3v) is 8.20. The van der Waals surface area contributed by atoms with Gasteiger partial charge in [0.1, 0.15) is 0 Å². The minimum absolute atomic E-state index is 1.07. The molecule has 0 unspecified atom stereocenters. The van der Waals surface area contributed by atoms with Crippen LogP contribution in [0.25, 0.3) is 0 Å². The summed E-state index contributed by atoms with van der Waals surface area (Å²) in [6.45, 7) is 15.0. The third kappa shape index (κ3) is 13.2. The second-order valence-corrected chi connectivity index (χ2v) is 11.4. The van der Waals surface area contributed by atoms with Crippen molar-refractivity contribution in [1.29, 1.82) is 0 Å². The summed E-state index contributed by atoms with van der Waals surface area (Å²) in [6, 6.07) is 1.07. The zero-order valence-corrected chi connectivity index (χ0v) is 19.9. The van der Waals surface area contributed by atoms with Gasteiger partial charge >= 0.3 is 8.56 Å². The highest BCUT2D eigenvalue weighted by Crippen LogP contribution is 2.14. The van der Waals surface area contributed by atoms with Crippen molar-refractivity contribution in [3.8, 4) is 0 Å². The average molecular weight is 390 g/mol. The fourth-order valence-electron chi connectivity index (χ4n) is 3.36. The van der Waals surface area contributed by atoms with Crippen LogP contribution in [0.2, 0.25) is 12.6 Å². The quantitative estimate of drug-likeness (QED) is 0.335. The Hall–Kier alpha value is 0.0169. The Morgan fingerprint density at radius 3 is 1.46 bits per heavy atom. The molecule has 0 aromatic heterocycles. The fraction of sp³-hybridized carbons (Fsp3) is 1.00. The first-order valence-corrected chi connectivity index (χ1v) is 13.1. The highest BCUT2D eigenvalue weighted by Gasteiger charge is 2.28. The Balaban J connectivity index is 4.29. The number of hydrogen-bond donors (Lipinski definition) is 0. The molecule has 0 heterocycles. The fourth-order valence-corrected chi connectivity index (χ4v) is 4.74. The molecular formula is C20H47N3O2Si. The van der Waals surface area contributed by atoms with Crippen LogP contribution in [0.15, 0.2) is 0 Å². The lowest BCUT2D eigenvalue weighted by molar-refractivity contribution is 0.219. The summed E-state index contributed by atoms with van der Waals surface area (Å²) in [6.07, 6.45) is 6.15. The van der Waals surface area contributed by atoms with E-state index in [2.05, 4.69) is 49.2 Å². The molecule has 0 fully saturated rings. The van der Waals surface area contributed by atoms with Crippen LogP contribution in [0.3, 0.4) is 0 Å². The van der Waals surface area contributed by atoms with E-state index in [4.69, 9.17) is 8.85 Å². The lowest BCUT2D eigenvalue weighted by Crippen LogP contribution is -2.38. The van der Waals surface area contributed by atoms with Crippen molar-refractivity contribution in [2.45, 2.75) is 58.5 Å². The lowest BCUT2D eigenvalue weighted by atomic mass is 10.2. The van der Waals surface area contributed by atoms with Crippen LogP contribution in [-0.4, -0.2) is 97.4 Å². The van der Waals surface area contributed by atoms with Crippen LogP contribution < -0.4 is 0 Å². The van der Waals surface area contributed by atoms with Crippen LogP contribution in [0, 0.1) is 0 Å². The van der Waals surface area contributed by atoms with Crippen LogP contribution in [-0.2, 0) is 8.85 Å². The van der Waals surface area contributed by atoms with E-state index in [1.807, 2.05) is 0 Å². The summed E-state index contributed by atoms with van der Waals surface area (Å²) < 4.78 is 11.3. The van der Waals surface area contributed by atoms with E-state index < -0.39 is 8.56 Å². The maximum absolute atomic E-state index is 5.63. The first kappa shape index (κ1) is 26.0. The van der Waals surface area contributed by atoms with Crippen molar-refractivity contribution in [3.05, 3.63) is 0 Å². The monoisotopic (exact) mass is 389 g/mol. The normalized spacial score (nSPS) is 12.7. The summed E-state index contributed by atoms with van der Waals surface area (Å²) in [5, 5.41) is 0. The number of hydrogen-bond acceptors (Lipinski definition) is 5. The molecule has 0 aromatic rings. The standard InChI is InChI=1S/C20H47N3O2Si/c1-8-13-21(3)15-10-17-23(18-11-16-22(4)14-9-2)19-12-20-26(7,24-5)25-6/h8-20H2,1-7H3. The molecule has 6 heteroatoms. The molecule has 0 aliphatic heterocycles. The molecule has 0 saturated heterocycles. The van der Waals surface area contributed by atoms with Crippen molar-refractivity contribution in [2.75, 3.05) is 74.1 Å². The second-order valence-electron chi connectivity index (χ2n) is 7.80. The predicted molar refractivity (Wildman–Crippen MR) is 116 cm³/mol. The van der Waals surface area contributed by atoms with Gasteiger partial charge < -0.3 is 23.6 Å². The first-order valence-electron chi connectivity index (χ1n) is 10.6. The molecule has 5 nitrogen and oxygen atoms in total. The van der Waals surface area contributed by atoms with Gasteiger partial charge in [-0.05, 0) is 105 Å². The molecule has 0 bridgehead atoms. The molecule has 0 radical (unpaired) electrons. The Morgan fingerprint density at radius 2 is 1.08 bits per heavy atom. The number of rotatable bonds is 18. The van der Waals surface area contributed by atoms with Gasteiger partial charge in [0.25, 0.3) is 0 Å². The summed E-state index contributed by atoms with van der Waals surface area (Å²) in [5.41, 5.74) is 0. The van der Waals surface area contributed by atoms with Gasteiger partial charge in [-0.15, -0.1) is 0 Å². The van der Waals surface area contributed by atoms with Crippen molar-refractivity contribution >= 4 is 8.56 Å². The molecule has 0 amide bonds. The topological polar surface area (TPSA) is 28.2 Å². The zero-order chi connectivity index (χ0) is 19.8. The SMILES string of the molecule is CCCN(C)CCCN(CCCN(C)CCC)CCC[Si](C)(OC)OC. The lowest BCUT2D eigenvalue weighted by Gasteiger charge is -2.27. The second kappa shape index (κ2) is 16.0. The minimum Gasteiger partial charge on any atom is -0.398 e. The Labute approximate surface area is 165 Å². The number of nitrogens with zero attached hydrogens (tertiary/aromatic N) is 3. The summed E-state index contributed by atoms with van der Waals surface area (Å²) >= 11 is 0. The van der Waals surface area contributed by atoms with Gasteiger partial charge in [-0.2, -0.15) is 0 Å². The highest BCUT2D eigenvalue weighted by molar-refractivity contribution is 6.65. The molecule has 0 N–H and O–H groups in total. The predicted octanol–water partition coefficient (Wildman–Crippen LogP) is 3.51. The molecule has 26 heavy (non-hydrogen) atoms. The first-order chi connectivity index (χ1) is 12.4. The zero-order valence-electron chi connectivity index (χ0n) is 18.9. The van der Waals surface area contributed by atoms with Gasteiger partial charge in [0.15, 0.2) is 0 Å². The Bertz CT molecular complexity index is 299. The van der Waals surface area contributed by atoms with Crippen LogP contribution >= 0.6 is 0 Å². The molecule has 0 atom stereocenters. The van der Waals surface area contributed by atoms with E-state index in [0.717, 1.165) is 12.6 Å². The summed E-state index contributed by atoms with van der Waals surface area (Å²) in [4.78, 5) is 7.56. The van der Waals surface area contributed by atoms with Crippen LogP contribution in [0.5, 0.6) is 0 Å². The van der Waals surface area contributed by atoms with Crippen LogP contribution in [0.1, 0.15) is 46.0 Å². The maximum Gasteiger partial charge on any atom is 0.334 e. The molecule has 0 rings (SSSR count). The van der Waals surface area contributed by atoms with E-state index in [1.54, 1.807) is 14.2 Å². The van der Waals surface area contributed by atoms with Gasteiger partial charge in [0.2, 0.25) is 0 Å². The summed E-state index contributed by atoms with van der Waals surface area (Å²) in [5.74, 6) is 0. The van der Waals surface area contributed by atoms with Gasteiger partial charge in [-0.3, -0.25) is 0 Å². The van der Waals surface area contributed by atoms with E-state index >= 15 is 0 Å². The minimum atomic E-state index is -1.93. The highest BCUT2D eigenvalue weighted by atomic mass is 28.4. The Morgan fingerprint density at radius 1 is 0.654 bits per heavy atom. The van der Waals surface area contributed by atoms with Gasteiger partial charge in [-0.1, -0.05) is 13.8 Å². The third-order valence-electron chi connectivity index (χ3n) is 5.21. The van der Waals surface area contributed by atoms with Gasteiger partial charge in [0.05, 0.1) is 0 Å². The molecular weight excluding hydrogens is 342 g/mol. The smallest absolute Gasteiger partial charge is 0.334 e. The van der Waals surface area contributed by atoms with Gasteiger partial charge in [-0.25, -0.2) is 0 Å². The van der Waals surface area contributed by atoms with Crippen molar-refractivity contribution in [2.24, 2.45) is 0 Å². The molecule has 158 valence electrons. The largest absolute Gasteiger partial charge is 0.398 e. The maximum atomic E-state index is 5.63. The van der Waals surface area contributed by atoms with E-state index in [-0.39, 0.29) is 0 Å². The van der Waals surface area contributed by atoms with E-state index in [0.29, 0.717) is 0 Å². The molecule has 0 aliphatic carbocycles. The van der Waals surface area contributed by atoms with Crippen molar-refractivity contribution in [1.82, 2.24) is 14.7 Å². The van der Waals surface area contributed by atoms with Gasteiger partial charge in [0, 0.05) is 14.2 Å². The van der Waals surface area contributed by atoms with Crippen LogP contribution in [0.4, 0.5) is 0 Å². The molecule has 0 aromatic carbocycles. The van der Waals surface area contributed by atoms with E-state index in [9.17, 15) is 0 Å². The van der Waals surface area contributed by atoms with E-state index in [1.165, 1.54) is 71.4 Å². The molecule has 0 saturated carbocycles. The Kier molecular flexibility index (Phi) is 16.0. The van der Waals surface area contributed by atoms with Crippen molar-refractivity contribution < 1.29 is 8.85 Å².